The summed E-state index contributed by atoms with van der Waals surface area (Å²) < 4.78 is 10.6. The first-order valence-electron chi connectivity index (χ1n) is 7.87. The quantitative estimate of drug-likeness (QED) is 0.398. The Bertz CT molecular complexity index is 705. The van der Waals surface area contributed by atoms with Gasteiger partial charge in [-0.05, 0) is 30.2 Å². The van der Waals surface area contributed by atoms with Crippen LogP contribution in [0.4, 0.5) is 0 Å². The van der Waals surface area contributed by atoms with Crippen LogP contribution >= 0.6 is 24.0 Å². The smallest absolute Gasteiger partial charge is 0.191 e. The summed E-state index contributed by atoms with van der Waals surface area (Å²) in [6, 6.07) is 14.3. The Kier molecular flexibility index (Phi) is 9.12. The summed E-state index contributed by atoms with van der Waals surface area (Å²) in [5.74, 6) is 2.20. The fourth-order valence-corrected chi connectivity index (χ4v) is 2.40. The highest BCUT2D eigenvalue weighted by Crippen LogP contribution is 2.27. The fourth-order valence-electron chi connectivity index (χ4n) is 2.40. The molecule has 6 heteroatoms. The Labute approximate surface area is 166 Å². The maximum absolute atomic E-state index is 5.33. The van der Waals surface area contributed by atoms with Crippen molar-refractivity contribution in [2.45, 2.75) is 20.0 Å². The summed E-state index contributed by atoms with van der Waals surface area (Å²) in [6.07, 6.45) is 0. The Morgan fingerprint density at radius 3 is 2.12 bits per heavy atom. The number of hydrogen-bond donors (Lipinski definition) is 2. The lowest BCUT2D eigenvalue weighted by molar-refractivity contribution is 0.354. The van der Waals surface area contributed by atoms with E-state index in [1.54, 1.807) is 21.3 Å². The lowest BCUT2D eigenvalue weighted by Gasteiger charge is -2.14. The Morgan fingerprint density at radius 2 is 1.56 bits per heavy atom. The molecule has 0 radical (unpaired) electrons. The van der Waals surface area contributed by atoms with Gasteiger partial charge in [0, 0.05) is 20.1 Å². The minimum Gasteiger partial charge on any atom is -0.493 e. The van der Waals surface area contributed by atoms with Crippen molar-refractivity contribution in [2.24, 2.45) is 4.99 Å². The molecular formula is C19H26IN3O2. The lowest BCUT2D eigenvalue weighted by Crippen LogP contribution is -2.36. The minimum atomic E-state index is 0. The third-order valence-corrected chi connectivity index (χ3v) is 3.67. The van der Waals surface area contributed by atoms with Crippen LogP contribution < -0.4 is 20.1 Å². The first kappa shape index (κ1) is 21.1. The summed E-state index contributed by atoms with van der Waals surface area (Å²) >= 11 is 0. The van der Waals surface area contributed by atoms with Crippen molar-refractivity contribution in [2.75, 3.05) is 21.3 Å². The molecule has 2 N–H and O–H groups in total. The molecule has 2 aromatic rings. The van der Waals surface area contributed by atoms with Gasteiger partial charge in [-0.2, -0.15) is 0 Å². The average Bonchev–Trinajstić information content (AvgIpc) is 2.61. The van der Waals surface area contributed by atoms with Gasteiger partial charge in [0.1, 0.15) is 0 Å². The number of methoxy groups -OCH3 is 2. The molecule has 2 rings (SSSR count). The van der Waals surface area contributed by atoms with Gasteiger partial charge in [-0.3, -0.25) is 4.99 Å². The third-order valence-electron chi connectivity index (χ3n) is 3.67. The van der Waals surface area contributed by atoms with Crippen molar-refractivity contribution < 1.29 is 9.47 Å². The number of nitrogens with zero attached hydrogens (tertiary/aromatic N) is 1. The van der Waals surface area contributed by atoms with Crippen LogP contribution in [-0.2, 0) is 13.1 Å². The van der Waals surface area contributed by atoms with Gasteiger partial charge in [0.25, 0.3) is 0 Å². The van der Waals surface area contributed by atoms with Crippen LogP contribution in [0.15, 0.2) is 47.5 Å². The van der Waals surface area contributed by atoms with Crippen molar-refractivity contribution in [1.82, 2.24) is 10.6 Å². The zero-order valence-electron chi connectivity index (χ0n) is 15.1. The monoisotopic (exact) mass is 455 g/mol. The van der Waals surface area contributed by atoms with Crippen molar-refractivity contribution >= 4 is 29.9 Å². The minimum absolute atomic E-state index is 0. The third kappa shape index (κ3) is 6.45. The van der Waals surface area contributed by atoms with Gasteiger partial charge in [0.15, 0.2) is 17.5 Å². The zero-order chi connectivity index (χ0) is 17.4. The van der Waals surface area contributed by atoms with Gasteiger partial charge < -0.3 is 20.1 Å². The molecule has 136 valence electrons. The number of ether oxygens (including phenoxy) is 2. The molecule has 0 amide bonds. The number of aryl methyl sites for hydroxylation is 1. The molecule has 0 unspecified atom stereocenters. The van der Waals surface area contributed by atoms with Crippen LogP contribution in [0.5, 0.6) is 11.5 Å². The van der Waals surface area contributed by atoms with Gasteiger partial charge in [-0.25, -0.2) is 0 Å². The van der Waals surface area contributed by atoms with E-state index in [2.05, 4.69) is 46.8 Å². The molecule has 0 spiro atoms. The maximum atomic E-state index is 5.33. The summed E-state index contributed by atoms with van der Waals surface area (Å²) in [7, 11) is 5.03. The number of halogens is 1. The Morgan fingerprint density at radius 1 is 0.920 bits per heavy atom. The molecule has 0 heterocycles. The predicted molar refractivity (Wildman–Crippen MR) is 113 cm³/mol. The molecule has 0 saturated heterocycles. The molecule has 0 fully saturated rings. The maximum Gasteiger partial charge on any atom is 0.191 e. The lowest BCUT2D eigenvalue weighted by atomic mass is 10.1. The second-order valence-corrected chi connectivity index (χ2v) is 5.46. The standard InChI is InChI=1S/C19H25N3O2.HI/c1-14-6-5-7-15(10-14)12-21-19(20-2)22-13-16-8-9-17(23-3)18(11-16)24-4;/h5-11H,12-13H2,1-4H3,(H2,20,21,22);1H. The summed E-state index contributed by atoms with van der Waals surface area (Å²) in [4.78, 5) is 4.26. The van der Waals surface area contributed by atoms with Crippen LogP contribution in [0.2, 0.25) is 0 Å². The summed E-state index contributed by atoms with van der Waals surface area (Å²) in [6.45, 7) is 3.47. The van der Waals surface area contributed by atoms with Crippen molar-refractivity contribution in [3.8, 4) is 11.5 Å². The predicted octanol–water partition coefficient (Wildman–Crippen LogP) is 3.50. The van der Waals surface area contributed by atoms with E-state index in [1.807, 2.05) is 18.2 Å². The highest BCUT2D eigenvalue weighted by Gasteiger charge is 2.05. The van der Waals surface area contributed by atoms with E-state index in [-0.39, 0.29) is 24.0 Å². The SMILES string of the molecule is CN=C(NCc1cccc(C)c1)NCc1ccc(OC)c(OC)c1.I. The molecule has 0 saturated carbocycles. The number of guanidine groups is 1. The summed E-state index contributed by atoms with van der Waals surface area (Å²) in [5, 5.41) is 6.62. The topological polar surface area (TPSA) is 54.9 Å². The van der Waals surface area contributed by atoms with E-state index in [0.29, 0.717) is 6.54 Å². The van der Waals surface area contributed by atoms with Crippen LogP contribution in [0, 0.1) is 6.92 Å². The van der Waals surface area contributed by atoms with Crippen molar-refractivity contribution in [3.05, 3.63) is 59.2 Å². The number of rotatable bonds is 6. The van der Waals surface area contributed by atoms with E-state index < -0.39 is 0 Å². The first-order chi connectivity index (χ1) is 11.7. The van der Waals surface area contributed by atoms with Crippen LogP contribution in [0.25, 0.3) is 0 Å². The van der Waals surface area contributed by atoms with E-state index in [9.17, 15) is 0 Å². The number of benzene rings is 2. The number of aliphatic imine (C=N–C) groups is 1. The molecule has 0 aromatic heterocycles. The molecular weight excluding hydrogens is 429 g/mol. The highest BCUT2D eigenvalue weighted by atomic mass is 127. The zero-order valence-corrected chi connectivity index (χ0v) is 17.5. The molecule has 2 aromatic carbocycles. The van der Waals surface area contributed by atoms with Gasteiger partial charge in [-0.15, -0.1) is 24.0 Å². The molecule has 0 aliphatic rings. The second-order valence-electron chi connectivity index (χ2n) is 5.46. The largest absolute Gasteiger partial charge is 0.493 e. The molecule has 0 bridgehead atoms. The van der Waals surface area contributed by atoms with Crippen LogP contribution in [-0.4, -0.2) is 27.2 Å². The fraction of sp³-hybridized carbons (Fsp3) is 0.316. The van der Waals surface area contributed by atoms with Gasteiger partial charge in [0.05, 0.1) is 14.2 Å². The van der Waals surface area contributed by atoms with Gasteiger partial charge in [0.2, 0.25) is 0 Å². The number of nitrogens with one attached hydrogen (secondary N) is 2. The molecule has 25 heavy (non-hydrogen) atoms. The molecule has 5 nitrogen and oxygen atoms in total. The average molecular weight is 455 g/mol. The van der Waals surface area contributed by atoms with E-state index >= 15 is 0 Å². The second kappa shape index (κ2) is 10.8. The van der Waals surface area contributed by atoms with E-state index in [1.165, 1.54) is 11.1 Å². The van der Waals surface area contributed by atoms with E-state index in [4.69, 9.17) is 9.47 Å². The van der Waals surface area contributed by atoms with Gasteiger partial charge >= 0.3 is 0 Å². The Balaban J connectivity index is 0.00000312. The van der Waals surface area contributed by atoms with E-state index in [0.717, 1.165) is 29.6 Å². The van der Waals surface area contributed by atoms with Gasteiger partial charge in [-0.1, -0.05) is 35.9 Å². The highest BCUT2D eigenvalue weighted by molar-refractivity contribution is 14.0. The van der Waals surface area contributed by atoms with Crippen molar-refractivity contribution in [1.29, 1.82) is 0 Å². The molecule has 0 aliphatic carbocycles. The number of hydrogen-bond acceptors (Lipinski definition) is 3. The van der Waals surface area contributed by atoms with Crippen LogP contribution in [0.3, 0.4) is 0 Å². The normalized spacial score (nSPS) is 10.6. The van der Waals surface area contributed by atoms with Crippen LogP contribution in [0.1, 0.15) is 16.7 Å². The first-order valence-corrected chi connectivity index (χ1v) is 7.87. The van der Waals surface area contributed by atoms with Crippen molar-refractivity contribution in [3.63, 3.8) is 0 Å². The Hall–Kier alpha value is -1.96. The molecule has 0 aliphatic heterocycles. The summed E-state index contributed by atoms with van der Waals surface area (Å²) in [5.41, 5.74) is 3.57. The molecule has 0 atom stereocenters.